The van der Waals surface area contributed by atoms with E-state index in [0.717, 1.165) is 5.75 Å². The molecule has 0 saturated heterocycles. The van der Waals surface area contributed by atoms with Crippen molar-refractivity contribution >= 4 is 18.0 Å². The molecule has 0 amide bonds. The second kappa shape index (κ2) is 4.11. The van der Waals surface area contributed by atoms with Crippen molar-refractivity contribution in [1.29, 1.82) is 0 Å². The Hall–Kier alpha value is -0.422. The van der Waals surface area contributed by atoms with E-state index in [4.69, 9.17) is 4.74 Å². The van der Waals surface area contributed by atoms with Gasteiger partial charge in [0.05, 0.1) is 0 Å². The van der Waals surface area contributed by atoms with Gasteiger partial charge in [0, 0.05) is 23.4 Å². The number of fused-ring (bicyclic) bond motifs is 1. The summed E-state index contributed by atoms with van der Waals surface area (Å²) >= 11 is 0. The molecule has 0 fully saturated rings. The van der Waals surface area contributed by atoms with Gasteiger partial charge >= 0.3 is 0 Å². The molecule has 87 valence electrons. The minimum Gasteiger partial charge on any atom is -0.487 e. The quantitative estimate of drug-likeness (QED) is 0.659. The zero-order chi connectivity index (χ0) is 11.3. The summed E-state index contributed by atoms with van der Waals surface area (Å²) in [5.41, 5.74) is 1.38. The molecule has 1 unspecified atom stereocenters. The molecule has 1 atom stereocenters. The van der Waals surface area contributed by atoms with Crippen LogP contribution in [0.5, 0.6) is 5.75 Å². The van der Waals surface area contributed by atoms with Crippen molar-refractivity contribution in [2.45, 2.75) is 46.1 Å². The molecule has 0 bridgehead atoms. The zero-order valence-corrected chi connectivity index (χ0v) is 12.6. The summed E-state index contributed by atoms with van der Waals surface area (Å²) in [4.78, 5) is 0. The second-order valence-electron chi connectivity index (χ2n) is 5.59. The second-order valence-corrected chi connectivity index (χ2v) is 5.59. The molecule has 0 spiro atoms. The Bertz CT molecular complexity index is 382. The molecular formula is C14H20AsO. The molecule has 2 rings (SSSR count). The molecule has 0 saturated carbocycles. The number of benzene rings is 1. The molecule has 2 heteroatoms. The molecule has 1 aromatic carbocycles. The van der Waals surface area contributed by atoms with E-state index < -0.39 is 0 Å². The Kier molecular flexibility index (Phi) is 3.50. The fourth-order valence-electron chi connectivity index (χ4n) is 2.25. The van der Waals surface area contributed by atoms with Crippen molar-refractivity contribution in [3.05, 3.63) is 29.8 Å². The summed E-state index contributed by atoms with van der Waals surface area (Å²) in [5.74, 6) is 1.58. The van der Waals surface area contributed by atoms with Gasteiger partial charge in [-0.2, -0.15) is 0 Å². The third kappa shape index (κ3) is 1.80. The third-order valence-electron chi connectivity index (χ3n) is 4.38. The number of ether oxygens (including phenoxy) is 1. The van der Waals surface area contributed by atoms with Crippen molar-refractivity contribution < 1.29 is 4.74 Å². The summed E-state index contributed by atoms with van der Waals surface area (Å²) in [6.07, 6.45) is 0. The van der Waals surface area contributed by atoms with Crippen LogP contribution in [-0.4, -0.2) is 23.6 Å². The van der Waals surface area contributed by atoms with Crippen LogP contribution in [-0.2, 0) is 0 Å². The van der Waals surface area contributed by atoms with Crippen LogP contribution in [0.4, 0.5) is 0 Å². The van der Waals surface area contributed by atoms with Crippen LogP contribution in [0, 0.1) is 5.41 Å². The SMILES string of the molecule is CC1c2ccccc2OC(C)(C)C1(C)C.[As]. The molecule has 1 aromatic rings. The van der Waals surface area contributed by atoms with Crippen LogP contribution < -0.4 is 4.74 Å². The van der Waals surface area contributed by atoms with Gasteiger partial charge in [0.2, 0.25) is 0 Å². The smallest absolute Gasteiger partial charge is 0.123 e. The zero-order valence-electron chi connectivity index (χ0n) is 10.7. The van der Waals surface area contributed by atoms with E-state index in [1.165, 1.54) is 5.56 Å². The van der Waals surface area contributed by atoms with Crippen molar-refractivity contribution in [3.8, 4) is 5.75 Å². The number of hydrogen-bond donors (Lipinski definition) is 0. The molecule has 0 aromatic heterocycles. The van der Waals surface area contributed by atoms with Crippen LogP contribution in [0.1, 0.15) is 46.1 Å². The maximum Gasteiger partial charge on any atom is 0.123 e. The first-order valence-corrected chi connectivity index (χ1v) is 5.64. The summed E-state index contributed by atoms with van der Waals surface area (Å²) in [5, 5.41) is 0. The fraction of sp³-hybridized carbons (Fsp3) is 0.571. The Balaban J connectivity index is 0.00000128. The average Bonchev–Trinajstić information content (AvgIpc) is 2.15. The van der Waals surface area contributed by atoms with Crippen LogP contribution in [0.3, 0.4) is 0 Å². The van der Waals surface area contributed by atoms with Gasteiger partial charge in [-0.05, 0) is 31.4 Å². The number of rotatable bonds is 0. The van der Waals surface area contributed by atoms with Gasteiger partial charge < -0.3 is 4.74 Å². The van der Waals surface area contributed by atoms with E-state index in [1.807, 2.05) is 6.07 Å². The Labute approximate surface area is 110 Å². The van der Waals surface area contributed by atoms with Crippen LogP contribution in [0.2, 0.25) is 0 Å². The average molecular weight is 279 g/mol. The van der Waals surface area contributed by atoms with Gasteiger partial charge in [0.1, 0.15) is 11.4 Å². The standard InChI is InChI=1S/C14H20O.As/c1-10-11-8-6-7-9-12(11)15-14(4,5)13(10,2)3;/h6-10H,1-5H3;. The van der Waals surface area contributed by atoms with E-state index in [9.17, 15) is 0 Å². The van der Waals surface area contributed by atoms with Crippen molar-refractivity contribution in [3.63, 3.8) is 0 Å². The minimum atomic E-state index is -0.110. The van der Waals surface area contributed by atoms with Crippen molar-refractivity contribution in [2.75, 3.05) is 0 Å². The molecule has 16 heavy (non-hydrogen) atoms. The minimum absolute atomic E-state index is 0. The van der Waals surface area contributed by atoms with Crippen molar-refractivity contribution in [2.24, 2.45) is 5.41 Å². The van der Waals surface area contributed by atoms with E-state index in [0.29, 0.717) is 5.92 Å². The molecule has 1 aliphatic rings. The third-order valence-corrected chi connectivity index (χ3v) is 4.38. The first-order valence-electron chi connectivity index (χ1n) is 5.64. The Morgan fingerprint density at radius 1 is 1.06 bits per heavy atom. The monoisotopic (exact) mass is 279 g/mol. The van der Waals surface area contributed by atoms with Gasteiger partial charge in [-0.1, -0.05) is 39.0 Å². The van der Waals surface area contributed by atoms with Gasteiger partial charge in [0.15, 0.2) is 0 Å². The maximum absolute atomic E-state index is 6.10. The first-order chi connectivity index (χ1) is 6.86. The van der Waals surface area contributed by atoms with Gasteiger partial charge in [-0.15, -0.1) is 0 Å². The van der Waals surface area contributed by atoms with Crippen molar-refractivity contribution in [1.82, 2.24) is 0 Å². The maximum atomic E-state index is 6.10. The van der Waals surface area contributed by atoms with E-state index in [2.05, 4.69) is 52.8 Å². The fourth-order valence-corrected chi connectivity index (χ4v) is 2.25. The summed E-state index contributed by atoms with van der Waals surface area (Å²) in [6, 6.07) is 8.38. The molecule has 0 N–H and O–H groups in total. The van der Waals surface area contributed by atoms with Gasteiger partial charge in [0.25, 0.3) is 0 Å². The molecule has 1 aliphatic heterocycles. The van der Waals surface area contributed by atoms with Crippen LogP contribution >= 0.6 is 0 Å². The Morgan fingerprint density at radius 2 is 1.62 bits per heavy atom. The normalized spacial score (nSPS) is 24.9. The van der Waals surface area contributed by atoms with E-state index >= 15 is 0 Å². The Morgan fingerprint density at radius 3 is 2.25 bits per heavy atom. The number of hydrogen-bond acceptors (Lipinski definition) is 1. The van der Waals surface area contributed by atoms with E-state index in [-0.39, 0.29) is 29.0 Å². The summed E-state index contributed by atoms with van der Waals surface area (Å²) in [7, 11) is 0. The molecule has 0 aliphatic carbocycles. The molecule has 1 heterocycles. The van der Waals surface area contributed by atoms with Crippen LogP contribution in [0.15, 0.2) is 24.3 Å². The number of para-hydroxylation sites is 1. The molecule has 3 radical (unpaired) electrons. The predicted octanol–water partition coefficient (Wildman–Crippen LogP) is 3.61. The largest absolute Gasteiger partial charge is 0.487 e. The van der Waals surface area contributed by atoms with E-state index in [1.54, 1.807) is 0 Å². The topological polar surface area (TPSA) is 9.23 Å². The molecular weight excluding hydrogens is 259 g/mol. The molecule has 1 nitrogen and oxygen atoms in total. The van der Waals surface area contributed by atoms with Gasteiger partial charge in [-0.3, -0.25) is 0 Å². The first kappa shape index (κ1) is 13.6. The predicted molar refractivity (Wildman–Crippen MR) is 69.1 cm³/mol. The van der Waals surface area contributed by atoms with Gasteiger partial charge in [-0.25, -0.2) is 0 Å². The summed E-state index contributed by atoms with van der Waals surface area (Å²) < 4.78 is 6.10. The van der Waals surface area contributed by atoms with Crippen LogP contribution in [0.25, 0.3) is 0 Å². The summed E-state index contributed by atoms with van der Waals surface area (Å²) in [6.45, 7) is 11.2.